The molecule has 1 rings (SSSR count). The van der Waals surface area contributed by atoms with E-state index < -0.39 is 16.3 Å². The maximum Gasteiger partial charge on any atom is 0.330 e. The van der Waals surface area contributed by atoms with Gasteiger partial charge < -0.3 is 4.74 Å². The highest BCUT2D eigenvalue weighted by atomic mass is 16.6. The minimum atomic E-state index is -1.01. The molecule has 0 saturated heterocycles. The monoisotopic (exact) mass is 274 g/mol. The summed E-state index contributed by atoms with van der Waals surface area (Å²) >= 11 is 0. The SMILES string of the molecule is CC[C@](C#N)(/C=C/C(=O)OC)c1ccc([N+](=O)[O-])cc1. The van der Waals surface area contributed by atoms with Gasteiger partial charge in [-0.05, 0) is 12.0 Å². The highest BCUT2D eigenvalue weighted by molar-refractivity contribution is 5.82. The van der Waals surface area contributed by atoms with Crippen LogP contribution in [0.3, 0.4) is 0 Å². The molecule has 1 aromatic rings. The van der Waals surface area contributed by atoms with Gasteiger partial charge in [-0.25, -0.2) is 4.79 Å². The van der Waals surface area contributed by atoms with Crippen molar-refractivity contribution < 1.29 is 14.5 Å². The maximum atomic E-state index is 11.2. The van der Waals surface area contributed by atoms with Gasteiger partial charge in [-0.15, -0.1) is 0 Å². The van der Waals surface area contributed by atoms with E-state index in [0.717, 1.165) is 0 Å². The molecule has 0 unspecified atom stereocenters. The molecular formula is C14H14N2O4. The smallest absolute Gasteiger partial charge is 0.330 e. The standard InChI is InChI=1S/C14H14N2O4/c1-3-14(10-15,9-8-13(17)20-2)11-4-6-12(7-5-11)16(18)19/h4-9H,3H2,1-2H3/b9-8+/t14-/m1/s1. The summed E-state index contributed by atoms with van der Waals surface area (Å²) in [7, 11) is 1.25. The van der Waals surface area contributed by atoms with Gasteiger partial charge in [0.25, 0.3) is 5.69 Å². The van der Waals surface area contributed by atoms with Crippen LogP contribution in [0.1, 0.15) is 18.9 Å². The number of nitrogens with zero attached hydrogens (tertiary/aromatic N) is 2. The molecule has 0 fully saturated rings. The second-order valence-corrected chi connectivity index (χ2v) is 4.10. The van der Waals surface area contributed by atoms with Gasteiger partial charge in [0, 0.05) is 18.2 Å². The van der Waals surface area contributed by atoms with Gasteiger partial charge in [0.05, 0.1) is 18.1 Å². The molecule has 0 spiro atoms. The van der Waals surface area contributed by atoms with Crippen molar-refractivity contribution in [2.75, 3.05) is 7.11 Å². The molecule has 0 aliphatic carbocycles. The Balaban J connectivity index is 3.19. The number of carbonyl (C=O) groups excluding carboxylic acids is 1. The van der Waals surface area contributed by atoms with Crippen LogP contribution in [-0.4, -0.2) is 18.0 Å². The Morgan fingerprint density at radius 3 is 2.50 bits per heavy atom. The summed E-state index contributed by atoms with van der Waals surface area (Å²) in [6.45, 7) is 1.80. The molecule has 1 aromatic carbocycles. The zero-order valence-corrected chi connectivity index (χ0v) is 11.2. The number of non-ortho nitro benzene ring substituents is 1. The Hall–Kier alpha value is -2.68. The Kier molecular flexibility index (Phi) is 4.98. The number of methoxy groups -OCH3 is 1. The van der Waals surface area contributed by atoms with Crippen molar-refractivity contribution in [3.8, 4) is 6.07 Å². The van der Waals surface area contributed by atoms with Gasteiger partial charge in [0.2, 0.25) is 0 Å². The van der Waals surface area contributed by atoms with Gasteiger partial charge in [-0.1, -0.05) is 25.1 Å². The number of carbonyl (C=O) groups is 1. The predicted molar refractivity (Wildman–Crippen MR) is 71.8 cm³/mol. The molecule has 20 heavy (non-hydrogen) atoms. The van der Waals surface area contributed by atoms with E-state index >= 15 is 0 Å². The summed E-state index contributed by atoms with van der Waals surface area (Å²) in [5.74, 6) is -0.556. The fourth-order valence-electron chi connectivity index (χ4n) is 1.76. The van der Waals surface area contributed by atoms with Gasteiger partial charge in [-0.3, -0.25) is 10.1 Å². The van der Waals surface area contributed by atoms with Gasteiger partial charge in [0.15, 0.2) is 0 Å². The third kappa shape index (κ3) is 3.20. The number of ether oxygens (including phenoxy) is 1. The van der Waals surface area contributed by atoms with Crippen LogP contribution in [0.5, 0.6) is 0 Å². The highest BCUT2D eigenvalue weighted by Crippen LogP contribution is 2.30. The molecule has 0 aliphatic rings. The lowest BCUT2D eigenvalue weighted by Crippen LogP contribution is -2.20. The Bertz CT molecular complexity index is 572. The minimum Gasteiger partial charge on any atom is -0.466 e. The summed E-state index contributed by atoms with van der Waals surface area (Å²) < 4.78 is 4.50. The Labute approximate surface area is 116 Å². The Morgan fingerprint density at radius 2 is 2.10 bits per heavy atom. The number of nitriles is 1. The first-order chi connectivity index (χ1) is 9.49. The number of hydrogen-bond acceptors (Lipinski definition) is 5. The van der Waals surface area contributed by atoms with Gasteiger partial charge in [-0.2, -0.15) is 5.26 Å². The lowest BCUT2D eigenvalue weighted by Gasteiger charge is -2.21. The normalized spacial score (nSPS) is 13.4. The maximum absolute atomic E-state index is 11.2. The fourth-order valence-corrected chi connectivity index (χ4v) is 1.76. The van der Waals surface area contributed by atoms with Crippen molar-refractivity contribution in [2.45, 2.75) is 18.8 Å². The minimum absolute atomic E-state index is 0.0476. The van der Waals surface area contributed by atoms with Crippen LogP contribution >= 0.6 is 0 Å². The van der Waals surface area contributed by atoms with E-state index in [1.807, 2.05) is 0 Å². The van der Waals surface area contributed by atoms with Crippen molar-refractivity contribution in [1.82, 2.24) is 0 Å². The summed E-state index contributed by atoms with van der Waals surface area (Å²) in [5.41, 5.74) is -0.467. The predicted octanol–water partition coefficient (Wildman–Crippen LogP) is 2.50. The van der Waals surface area contributed by atoms with Gasteiger partial charge in [0.1, 0.15) is 5.41 Å². The summed E-state index contributed by atoms with van der Waals surface area (Å²) in [5, 5.41) is 20.0. The molecule has 0 N–H and O–H groups in total. The van der Waals surface area contributed by atoms with Crippen molar-refractivity contribution in [3.05, 3.63) is 52.1 Å². The number of hydrogen-bond donors (Lipinski definition) is 0. The fraction of sp³-hybridized carbons (Fsp3) is 0.286. The van der Waals surface area contributed by atoms with Crippen LogP contribution in [0.25, 0.3) is 0 Å². The number of rotatable bonds is 5. The van der Waals surface area contributed by atoms with E-state index in [1.165, 1.54) is 43.5 Å². The number of nitro benzene ring substituents is 1. The number of allylic oxidation sites excluding steroid dienone is 1. The number of nitro groups is 1. The number of benzene rings is 1. The first-order valence-electron chi connectivity index (χ1n) is 5.92. The van der Waals surface area contributed by atoms with Crippen molar-refractivity contribution in [2.24, 2.45) is 0 Å². The zero-order chi connectivity index (χ0) is 15.2. The molecule has 0 aliphatic heterocycles. The van der Waals surface area contributed by atoms with E-state index in [4.69, 9.17) is 0 Å². The number of esters is 1. The van der Waals surface area contributed by atoms with Crippen LogP contribution in [-0.2, 0) is 14.9 Å². The largest absolute Gasteiger partial charge is 0.466 e. The summed E-state index contributed by atoms with van der Waals surface area (Å²) in [6.07, 6.45) is 3.07. The molecule has 0 amide bonds. The highest BCUT2D eigenvalue weighted by Gasteiger charge is 2.28. The lowest BCUT2D eigenvalue weighted by molar-refractivity contribution is -0.384. The Morgan fingerprint density at radius 1 is 1.50 bits per heavy atom. The van der Waals surface area contributed by atoms with Crippen LogP contribution in [0.4, 0.5) is 5.69 Å². The molecule has 0 bridgehead atoms. The molecule has 1 atom stereocenters. The lowest BCUT2D eigenvalue weighted by atomic mass is 9.79. The first-order valence-corrected chi connectivity index (χ1v) is 5.92. The van der Waals surface area contributed by atoms with E-state index in [0.29, 0.717) is 12.0 Å². The molecule has 0 aromatic heterocycles. The summed E-state index contributed by atoms with van der Waals surface area (Å²) in [6, 6.07) is 7.86. The molecule has 6 nitrogen and oxygen atoms in total. The topological polar surface area (TPSA) is 93.2 Å². The third-order valence-corrected chi connectivity index (χ3v) is 3.06. The van der Waals surface area contributed by atoms with Gasteiger partial charge >= 0.3 is 5.97 Å². The second-order valence-electron chi connectivity index (χ2n) is 4.10. The van der Waals surface area contributed by atoms with Crippen LogP contribution < -0.4 is 0 Å². The van der Waals surface area contributed by atoms with Crippen molar-refractivity contribution in [3.63, 3.8) is 0 Å². The van der Waals surface area contributed by atoms with Crippen molar-refractivity contribution in [1.29, 1.82) is 5.26 Å². The van der Waals surface area contributed by atoms with E-state index in [2.05, 4.69) is 10.8 Å². The quantitative estimate of drug-likeness (QED) is 0.356. The van der Waals surface area contributed by atoms with E-state index in [9.17, 15) is 20.2 Å². The van der Waals surface area contributed by atoms with Crippen molar-refractivity contribution >= 4 is 11.7 Å². The zero-order valence-electron chi connectivity index (χ0n) is 11.2. The van der Waals surface area contributed by atoms with Crippen LogP contribution in [0.15, 0.2) is 36.4 Å². The van der Waals surface area contributed by atoms with Crippen LogP contribution in [0, 0.1) is 21.4 Å². The second kappa shape index (κ2) is 6.48. The summed E-state index contributed by atoms with van der Waals surface area (Å²) in [4.78, 5) is 21.3. The average molecular weight is 274 g/mol. The first kappa shape index (κ1) is 15.4. The molecule has 6 heteroatoms. The molecule has 0 radical (unpaired) electrons. The molecule has 104 valence electrons. The average Bonchev–Trinajstić information content (AvgIpc) is 2.48. The molecule has 0 saturated carbocycles. The molecule has 0 heterocycles. The molecular weight excluding hydrogens is 260 g/mol. The van der Waals surface area contributed by atoms with E-state index in [1.54, 1.807) is 6.92 Å². The van der Waals surface area contributed by atoms with E-state index in [-0.39, 0.29) is 5.69 Å². The van der Waals surface area contributed by atoms with Crippen LogP contribution in [0.2, 0.25) is 0 Å². The third-order valence-electron chi connectivity index (χ3n) is 3.06.